The molecule has 0 radical (unpaired) electrons. The Hall–Kier alpha value is -4.92. The second-order valence-electron chi connectivity index (χ2n) is 9.00. The molecule has 4 rings (SSSR count). The molecule has 226 valence electrons. The van der Waals surface area contributed by atoms with Crippen LogP contribution in [0.2, 0.25) is 0 Å². The SMILES string of the molecule is O=C(NCC(F)(F)F)c1ccc(-n2nnc(C(=O)NCc3cccc(OC(F)(F)F)c3)c2COCc2ccccc2)cc1. The van der Waals surface area contributed by atoms with E-state index in [4.69, 9.17) is 4.74 Å². The maximum Gasteiger partial charge on any atom is 0.573 e. The summed E-state index contributed by atoms with van der Waals surface area (Å²) < 4.78 is 86.0. The van der Waals surface area contributed by atoms with Crippen LogP contribution < -0.4 is 15.4 Å². The van der Waals surface area contributed by atoms with Gasteiger partial charge >= 0.3 is 12.5 Å². The normalized spacial score (nSPS) is 11.7. The van der Waals surface area contributed by atoms with Crippen molar-refractivity contribution in [1.29, 1.82) is 0 Å². The van der Waals surface area contributed by atoms with Gasteiger partial charge in [0.15, 0.2) is 5.69 Å². The summed E-state index contributed by atoms with van der Waals surface area (Å²) in [6.07, 6.45) is -9.44. The molecule has 2 amide bonds. The number of carbonyl (C=O) groups is 2. The summed E-state index contributed by atoms with van der Waals surface area (Å²) in [7, 11) is 0. The van der Waals surface area contributed by atoms with Gasteiger partial charge in [0.25, 0.3) is 11.8 Å². The summed E-state index contributed by atoms with van der Waals surface area (Å²) in [6.45, 7) is -1.62. The molecule has 43 heavy (non-hydrogen) atoms. The number of alkyl halides is 6. The standard InChI is InChI=1S/C28H23F6N5O4/c29-27(30,31)17-36-25(40)20-9-11-21(12-10-20)39-23(16-42-15-18-5-2-1-3-6-18)24(37-38-39)26(41)35-14-19-7-4-8-22(13-19)43-28(32,33)34/h1-13H,14-17H2,(H,35,41)(H,36,40). The van der Waals surface area contributed by atoms with Crippen LogP contribution in [0.3, 0.4) is 0 Å². The van der Waals surface area contributed by atoms with Crippen LogP contribution in [-0.2, 0) is 24.5 Å². The molecule has 3 aromatic carbocycles. The van der Waals surface area contributed by atoms with Gasteiger partial charge in [0.05, 0.1) is 18.9 Å². The highest BCUT2D eigenvalue weighted by Gasteiger charge is 2.31. The molecule has 1 aromatic heterocycles. The Morgan fingerprint density at radius 3 is 2.16 bits per heavy atom. The van der Waals surface area contributed by atoms with Crippen LogP contribution in [0.15, 0.2) is 78.9 Å². The van der Waals surface area contributed by atoms with E-state index in [1.165, 1.54) is 41.1 Å². The van der Waals surface area contributed by atoms with Crippen molar-refractivity contribution in [2.24, 2.45) is 0 Å². The van der Waals surface area contributed by atoms with E-state index in [1.54, 1.807) is 5.32 Å². The van der Waals surface area contributed by atoms with Crippen LogP contribution in [-0.4, -0.2) is 45.9 Å². The molecule has 0 aliphatic rings. The van der Waals surface area contributed by atoms with Gasteiger partial charge in [-0.25, -0.2) is 4.68 Å². The number of nitrogens with zero attached hydrogens (tertiary/aromatic N) is 3. The zero-order valence-electron chi connectivity index (χ0n) is 22.1. The molecule has 0 saturated heterocycles. The second kappa shape index (κ2) is 13.4. The lowest BCUT2D eigenvalue weighted by molar-refractivity contribution is -0.274. The topological polar surface area (TPSA) is 107 Å². The van der Waals surface area contributed by atoms with E-state index < -0.39 is 36.6 Å². The fourth-order valence-electron chi connectivity index (χ4n) is 3.81. The van der Waals surface area contributed by atoms with Crippen molar-refractivity contribution >= 4 is 11.8 Å². The molecule has 0 bridgehead atoms. The maximum absolute atomic E-state index is 13.1. The molecule has 0 aliphatic carbocycles. The number of ether oxygens (including phenoxy) is 2. The average molecular weight is 608 g/mol. The predicted molar refractivity (Wildman–Crippen MR) is 139 cm³/mol. The van der Waals surface area contributed by atoms with E-state index in [9.17, 15) is 35.9 Å². The zero-order chi connectivity index (χ0) is 31.0. The molecular formula is C28H23F6N5O4. The number of benzene rings is 3. The number of amides is 2. The molecule has 0 spiro atoms. The Labute approximate surface area is 240 Å². The molecule has 4 aromatic rings. The minimum absolute atomic E-state index is 0.0373. The summed E-state index contributed by atoms with van der Waals surface area (Å²) in [6, 6.07) is 19.6. The fourth-order valence-corrected chi connectivity index (χ4v) is 3.81. The predicted octanol–water partition coefficient (Wildman–Crippen LogP) is 5.10. The number of hydrogen-bond acceptors (Lipinski definition) is 6. The Morgan fingerprint density at radius 1 is 0.791 bits per heavy atom. The first-order valence-corrected chi connectivity index (χ1v) is 12.5. The Bertz CT molecular complexity index is 1540. The lowest BCUT2D eigenvalue weighted by Crippen LogP contribution is -2.33. The molecule has 15 heteroatoms. The Morgan fingerprint density at radius 2 is 1.49 bits per heavy atom. The van der Waals surface area contributed by atoms with Gasteiger partial charge in [-0.2, -0.15) is 13.2 Å². The average Bonchev–Trinajstić information content (AvgIpc) is 3.38. The van der Waals surface area contributed by atoms with Crippen LogP contribution in [0, 0.1) is 0 Å². The summed E-state index contributed by atoms with van der Waals surface area (Å²) in [5.74, 6) is -2.08. The van der Waals surface area contributed by atoms with Crippen LogP contribution >= 0.6 is 0 Å². The Balaban J connectivity index is 1.52. The van der Waals surface area contributed by atoms with E-state index in [-0.39, 0.29) is 36.7 Å². The summed E-state index contributed by atoms with van der Waals surface area (Å²) in [4.78, 5) is 25.2. The van der Waals surface area contributed by atoms with E-state index in [2.05, 4.69) is 20.4 Å². The molecule has 0 unspecified atom stereocenters. The number of carbonyl (C=O) groups excluding carboxylic acids is 2. The minimum Gasteiger partial charge on any atom is -0.406 e. The highest BCUT2D eigenvalue weighted by atomic mass is 19.4. The molecule has 0 atom stereocenters. The monoisotopic (exact) mass is 607 g/mol. The van der Waals surface area contributed by atoms with E-state index in [0.717, 1.165) is 17.7 Å². The highest BCUT2D eigenvalue weighted by molar-refractivity contribution is 5.94. The van der Waals surface area contributed by atoms with Crippen molar-refractivity contribution in [3.05, 3.63) is 107 Å². The van der Waals surface area contributed by atoms with Gasteiger partial charge in [0.2, 0.25) is 0 Å². The van der Waals surface area contributed by atoms with Crippen LogP contribution in [0.5, 0.6) is 5.75 Å². The number of hydrogen-bond donors (Lipinski definition) is 2. The first-order valence-electron chi connectivity index (χ1n) is 12.5. The number of nitrogens with one attached hydrogen (secondary N) is 2. The molecule has 9 nitrogen and oxygen atoms in total. The smallest absolute Gasteiger partial charge is 0.406 e. The maximum atomic E-state index is 13.1. The van der Waals surface area contributed by atoms with E-state index >= 15 is 0 Å². The Kier molecular flexibility index (Phi) is 9.65. The van der Waals surface area contributed by atoms with Crippen molar-refractivity contribution in [2.45, 2.75) is 32.3 Å². The van der Waals surface area contributed by atoms with Gasteiger partial charge in [-0.15, -0.1) is 18.3 Å². The largest absolute Gasteiger partial charge is 0.573 e. The lowest BCUT2D eigenvalue weighted by atomic mass is 10.2. The lowest BCUT2D eigenvalue weighted by Gasteiger charge is -2.12. The number of rotatable bonds is 11. The van der Waals surface area contributed by atoms with Crippen molar-refractivity contribution < 1.29 is 45.4 Å². The molecular weight excluding hydrogens is 584 g/mol. The van der Waals surface area contributed by atoms with Crippen LogP contribution in [0.25, 0.3) is 5.69 Å². The van der Waals surface area contributed by atoms with Gasteiger partial charge in [0.1, 0.15) is 18.0 Å². The van der Waals surface area contributed by atoms with Gasteiger partial charge in [0, 0.05) is 12.1 Å². The summed E-state index contributed by atoms with van der Waals surface area (Å²) in [5.41, 5.74) is 1.53. The van der Waals surface area contributed by atoms with E-state index in [0.29, 0.717) is 11.3 Å². The molecule has 1 heterocycles. The summed E-state index contributed by atoms with van der Waals surface area (Å²) in [5, 5.41) is 12.3. The van der Waals surface area contributed by atoms with Crippen molar-refractivity contribution in [1.82, 2.24) is 25.6 Å². The molecule has 2 N–H and O–H groups in total. The molecule has 0 aliphatic heterocycles. The van der Waals surface area contributed by atoms with Crippen LogP contribution in [0.1, 0.15) is 37.7 Å². The first kappa shape index (κ1) is 31.0. The quantitative estimate of drug-likeness (QED) is 0.230. The first-order chi connectivity index (χ1) is 20.4. The van der Waals surface area contributed by atoms with Gasteiger partial charge in [-0.3, -0.25) is 9.59 Å². The van der Waals surface area contributed by atoms with Crippen molar-refractivity contribution in [3.63, 3.8) is 0 Å². The van der Waals surface area contributed by atoms with E-state index in [1.807, 2.05) is 30.3 Å². The van der Waals surface area contributed by atoms with Crippen molar-refractivity contribution in [2.75, 3.05) is 6.54 Å². The third kappa shape index (κ3) is 9.29. The summed E-state index contributed by atoms with van der Waals surface area (Å²) >= 11 is 0. The third-order valence-electron chi connectivity index (χ3n) is 5.74. The molecule has 0 fully saturated rings. The van der Waals surface area contributed by atoms with Crippen LogP contribution in [0.4, 0.5) is 26.3 Å². The zero-order valence-corrected chi connectivity index (χ0v) is 22.1. The van der Waals surface area contributed by atoms with Gasteiger partial charge in [-0.1, -0.05) is 47.7 Å². The minimum atomic E-state index is -4.87. The number of halogens is 6. The highest BCUT2D eigenvalue weighted by Crippen LogP contribution is 2.23. The molecule has 0 saturated carbocycles. The second-order valence-corrected chi connectivity index (χ2v) is 9.00. The van der Waals surface area contributed by atoms with Crippen molar-refractivity contribution in [3.8, 4) is 11.4 Å². The van der Waals surface area contributed by atoms with Gasteiger partial charge in [-0.05, 0) is 47.5 Å². The van der Waals surface area contributed by atoms with Gasteiger partial charge < -0.3 is 20.1 Å². The fraction of sp³-hybridized carbons (Fsp3) is 0.214. The third-order valence-corrected chi connectivity index (χ3v) is 5.74. The number of aromatic nitrogens is 3.